The number of hydrogen-bond acceptors (Lipinski definition) is 3. The molecule has 0 aromatic heterocycles. The van der Waals surface area contributed by atoms with E-state index >= 15 is 0 Å². The van der Waals surface area contributed by atoms with Gasteiger partial charge in [0.15, 0.2) is 0 Å². The fourth-order valence-corrected chi connectivity index (χ4v) is 1.73. The van der Waals surface area contributed by atoms with E-state index in [-0.39, 0.29) is 6.10 Å². The van der Waals surface area contributed by atoms with Gasteiger partial charge in [0, 0.05) is 19.7 Å². The molecule has 3 heteroatoms. The van der Waals surface area contributed by atoms with E-state index in [1.807, 2.05) is 0 Å². The summed E-state index contributed by atoms with van der Waals surface area (Å²) in [4.78, 5) is 2.29. The highest BCUT2D eigenvalue weighted by Gasteiger charge is 2.21. The van der Waals surface area contributed by atoms with Gasteiger partial charge in [0.25, 0.3) is 0 Å². The minimum absolute atomic E-state index is 0.127. The topological polar surface area (TPSA) is 32.7 Å². The molecule has 0 aromatic rings. The molecule has 12 heavy (non-hydrogen) atoms. The number of aliphatic hydroxyl groups is 1. The van der Waals surface area contributed by atoms with Gasteiger partial charge in [-0.15, -0.1) is 0 Å². The Labute approximate surface area is 74.3 Å². The first-order chi connectivity index (χ1) is 5.74. The lowest BCUT2D eigenvalue weighted by Gasteiger charge is -2.34. The summed E-state index contributed by atoms with van der Waals surface area (Å²) in [5.41, 5.74) is 0. The molecule has 2 unspecified atom stereocenters. The smallest absolute Gasteiger partial charge is 0.0667 e. The van der Waals surface area contributed by atoms with Crippen LogP contribution in [-0.2, 0) is 4.74 Å². The van der Waals surface area contributed by atoms with Crippen molar-refractivity contribution in [2.75, 3.05) is 26.8 Å². The van der Waals surface area contributed by atoms with Crippen molar-refractivity contribution in [3.63, 3.8) is 0 Å². The first kappa shape index (κ1) is 9.96. The summed E-state index contributed by atoms with van der Waals surface area (Å²) in [6.07, 6.45) is 1.93. The third kappa shape index (κ3) is 2.73. The Hall–Kier alpha value is -0.120. The molecule has 0 aliphatic carbocycles. The molecule has 0 bridgehead atoms. The van der Waals surface area contributed by atoms with E-state index in [2.05, 4.69) is 11.8 Å². The van der Waals surface area contributed by atoms with E-state index in [0.717, 1.165) is 32.5 Å². The van der Waals surface area contributed by atoms with E-state index in [9.17, 15) is 5.11 Å². The average molecular weight is 173 g/mol. The van der Waals surface area contributed by atoms with Crippen LogP contribution >= 0.6 is 0 Å². The Morgan fingerprint density at radius 1 is 1.67 bits per heavy atom. The summed E-state index contributed by atoms with van der Waals surface area (Å²) in [7, 11) is 1.72. The summed E-state index contributed by atoms with van der Waals surface area (Å²) in [5.74, 6) is 0. The molecule has 0 spiro atoms. The van der Waals surface area contributed by atoms with E-state index < -0.39 is 0 Å². The SMILES string of the molecule is COCC(C)N1CCCC(O)C1. The van der Waals surface area contributed by atoms with Crippen LogP contribution in [0.2, 0.25) is 0 Å². The molecule has 1 aliphatic heterocycles. The maximum absolute atomic E-state index is 9.41. The van der Waals surface area contributed by atoms with Crippen molar-refractivity contribution in [3.8, 4) is 0 Å². The summed E-state index contributed by atoms with van der Waals surface area (Å²) in [6, 6.07) is 0.435. The molecule has 1 N–H and O–H groups in total. The standard InChI is InChI=1S/C9H19NO2/c1-8(7-12-2)10-5-3-4-9(11)6-10/h8-9,11H,3-7H2,1-2H3. The molecule has 1 rings (SSSR count). The molecule has 72 valence electrons. The van der Waals surface area contributed by atoms with Gasteiger partial charge in [-0.2, -0.15) is 0 Å². The number of ether oxygens (including phenoxy) is 1. The van der Waals surface area contributed by atoms with Gasteiger partial charge in [-0.05, 0) is 26.3 Å². The van der Waals surface area contributed by atoms with Gasteiger partial charge in [0.05, 0.1) is 12.7 Å². The quantitative estimate of drug-likeness (QED) is 0.673. The summed E-state index contributed by atoms with van der Waals surface area (Å²) in [6.45, 7) is 4.81. The number of rotatable bonds is 3. The molecule has 0 saturated carbocycles. The van der Waals surface area contributed by atoms with Crippen LogP contribution in [0, 0.1) is 0 Å². The Morgan fingerprint density at radius 3 is 3.00 bits per heavy atom. The average Bonchev–Trinajstić information content (AvgIpc) is 2.05. The minimum atomic E-state index is -0.127. The highest BCUT2D eigenvalue weighted by atomic mass is 16.5. The lowest BCUT2D eigenvalue weighted by molar-refractivity contribution is 0.0256. The van der Waals surface area contributed by atoms with Gasteiger partial charge in [-0.25, -0.2) is 0 Å². The summed E-state index contributed by atoms with van der Waals surface area (Å²) >= 11 is 0. The fraction of sp³-hybridized carbons (Fsp3) is 1.00. The molecule has 1 saturated heterocycles. The van der Waals surface area contributed by atoms with Crippen molar-refractivity contribution < 1.29 is 9.84 Å². The van der Waals surface area contributed by atoms with Crippen LogP contribution in [0.25, 0.3) is 0 Å². The predicted molar refractivity (Wildman–Crippen MR) is 48.2 cm³/mol. The molecular weight excluding hydrogens is 154 g/mol. The lowest BCUT2D eigenvalue weighted by Crippen LogP contribution is -2.45. The zero-order valence-electron chi connectivity index (χ0n) is 7.99. The zero-order chi connectivity index (χ0) is 8.97. The Morgan fingerprint density at radius 2 is 2.42 bits per heavy atom. The van der Waals surface area contributed by atoms with Gasteiger partial charge in [-0.3, -0.25) is 4.90 Å². The van der Waals surface area contributed by atoms with Crippen LogP contribution < -0.4 is 0 Å². The largest absolute Gasteiger partial charge is 0.392 e. The Balaban J connectivity index is 2.29. The number of nitrogens with zero attached hydrogens (tertiary/aromatic N) is 1. The number of β-amino-alcohol motifs (C(OH)–C–C–N with tert-alkyl or cyclic N) is 1. The summed E-state index contributed by atoms with van der Waals surface area (Å²) < 4.78 is 5.07. The van der Waals surface area contributed by atoms with E-state index in [1.165, 1.54) is 0 Å². The fourth-order valence-electron chi connectivity index (χ4n) is 1.73. The second kappa shape index (κ2) is 4.80. The van der Waals surface area contributed by atoms with E-state index in [4.69, 9.17) is 4.74 Å². The normalized spacial score (nSPS) is 28.8. The third-order valence-electron chi connectivity index (χ3n) is 2.46. The minimum Gasteiger partial charge on any atom is -0.392 e. The van der Waals surface area contributed by atoms with E-state index in [1.54, 1.807) is 7.11 Å². The van der Waals surface area contributed by atoms with Gasteiger partial charge < -0.3 is 9.84 Å². The first-order valence-electron chi connectivity index (χ1n) is 4.65. The van der Waals surface area contributed by atoms with Crippen LogP contribution in [-0.4, -0.2) is 49.0 Å². The molecule has 0 radical (unpaired) electrons. The van der Waals surface area contributed by atoms with Gasteiger partial charge >= 0.3 is 0 Å². The van der Waals surface area contributed by atoms with E-state index in [0.29, 0.717) is 6.04 Å². The Kier molecular flexibility index (Phi) is 3.98. The molecule has 0 aromatic carbocycles. The number of likely N-dealkylation sites (tertiary alicyclic amines) is 1. The molecule has 3 nitrogen and oxygen atoms in total. The number of aliphatic hydroxyl groups excluding tert-OH is 1. The summed E-state index contributed by atoms with van der Waals surface area (Å²) in [5, 5.41) is 9.41. The molecule has 1 heterocycles. The van der Waals surface area contributed by atoms with Gasteiger partial charge in [0.1, 0.15) is 0 Å². The highest BCUT2D eigenvalue weighted by molar-refractivity contribution is 4.75. The monoisotopic (exact) mass is 173 g/mol. The van der Waals surface area contributed by atoms with Crippen molar-refractivity contribution in [1.82, 2.24) is 4.90 Å². The number of methoxy groups -OCH3 is 1. The van der Waals surface area contributed by atoms with Crippen LogP contribution in [0.1, 0.15) is 19.8 Å². The zero-order valence-corrected chi connectivity index (χ0v) is 7.99. The molecule has 2 atom stereocenters. The number of hydrogen-bond donors (Lipinski definition) is 1. The molecular formula is C9H19NO2. The van der Waals surface area contributed by atoms with Crippen molar-refractivity contribution in [2.45, 2.75) is 31.9 Å². The molecule has 1 fully saturated rings. The van der Waals surface area contributed by atoms with Crippen molar-refractivity contribution >= 4 is 0 Å². The van der Waals surface area contributed by atoms with Crippen LogP contribution in [0.3, 0.4) is 0 Å². The second-order valence-electron chi connectivity index (χ2n) is 3.60. The van der Waals surface area contributed by atoms with Crippen molar-refractivity contribution in [3.05, 3.63) is 0 Å². The lowest BCUT2D eigenvalue weighted by atomic mass is 10.1. The second-order valence-corrected chi connectivity index (χ2v) is 3.60. The van der Waals surface area contributed by atoms with Crippen molar-refractivity contribution in [1.29, 1.82) is 0 Å². The van der Waals surface area contributed by atoms with Crippen LogP contribution in [0.15, 0.2) is 0 Å². The van der Waals surface area contributed by atoms with Crippen molar-refractivity contribution in [2.24, 2.45) is 0 Å². The molecule has 0 amide bonds. The van der Waals surface area contributed by atoms with Crippen LogP contribution in [0.4, 0.5) is 0 Å². The maximum Gasteiger partial charge on any atom is 0.0667 e. The first-order valence-corrected chi connectivity index (χ1v) is 4.65. The van der Waals surface area contributed by atoms with Gasteiger partial charge in [-0.1, -0.05) is 0 Å². The Bertz CT molecular complexity index is 130. The van der Waals surface area contributed by atoms with Crippen LogP contribution in [0.5, 0.6) is 0 Å². The maximum atomic E-state index is 9.41. The third-order valence-corrected chi connectivity index (χ3v) is 2.46. The predicted octanol–water partition coefficient (Wildman–Crippen LogP) is 0.478. The van der Waals surface area contributed by atoms with Gasteiger partial charge in [0.2, 0.25) is 0 Å². The highest BCUT2D eigenvalue weighted by Crippen LogP contribution is 2.12. The molecule has 1 aliphatic rings. The number of piperidine rings is 1.